The van der Waals surface area contributed by atoms with Gasteiger partial charge in [0, 0.05) is 16.6 Å². The highest BCUT2D eigenvalue weighted by Crippen LogP contribution is 2.45. The van der Waals surface area contributed by atoms with E-state index in [0.29, 0.717) is 10.0 Å². The van der Waals surface area contributed by atoms with E-state index in [2.05, 4.69) is 34.9 Å². The van der Waals surface area contributed by atoms with Crippen molar-refractivity contribution < 1.29 is 32.7 Å². The number of halogens is 4. The van der Waals surface area contributed by atoms with Crippen molar-refractivity contribution in [1.29, 1.82) is 0 Å². The Balaban J connectivity index is 1.63. The number of carbonyl (C=O) groups excluding carboxylic acids is 2. The molecule has 2 fully saturated rings. The molecule has 38 heavy (non-hydrogen) atoms. The maximum absolute atomic E-state index is 14.3. The topological polar surface area (TPSA) is 92.5 Å². The second-order valence-corrected chi connectivity index (χ2v) is 12.1. The van der Waals surface area contributed by atoms with Crippen molar-refractivity contribution >= 4 is 33.6 Å². The first-order valence-electron chi connectivity index (χ1n) is 12.7. The Morgan fingerprint density at radius 1 is 1.11 bits per heavy atom. The van der Waals surface area contributed by atoms with Crippen LogP contribution in [0.15, 0.2) is 34.9 Å². The fraction of sp³-hybridized carbons (Fsp3) is 0.556. The zero-order valence-electron chi connectivity index (χ0n) is 21.3. The minimum atomic E-state index is -4.86. The third-order valence-corrected chi connectivity index (χ3v) is 8.33. The van der Waals surface area contributed by atoms with Gasteiger partial charge in [-0.25, -0.2) is 0 Å². The Morgan fingerprint density at radius 3 is 2.29 bits per heavy atom. The van der Waals surface area contributed by atoms with Gasteiger partial charge in [-0.2, -0.15) is 18.3 Å². The van der Waals surface area contributed by atoms with E-state index >= 15 is 0 Å². The Morgan fingerprint density at radius 2 is 1.74 bits per heavy atom. The molecule has 0 atom stereocenters. The average molecular weight is 598 g/mol. The fourth-order valence-corrected chi connectivity index (χ4v) is 6.43. The fourth-order valence-electron chi connectivity index (χ4n) is 5.92. The van der Waals surface area contributed by atoms with E-state index in [1.807, 2.05) is 0 Å². The van der Waals surface area contributed by atoms with Gasteiger partial charge in [0.15, 0.2) is 11.5 Å². The molecule has 1 aromatic carbocycles. The lowest BCUT2D eigenvalue weighted by Gasteiger charge is -2.44. The second-order valence-electron chi connectivity index (χ2n) is 11.2. The number of amides is 1. The molecule has 4 rings (SSSR count). The number of hydrogen-bond acceptors (Lipinski definition) is 4. The molecule has 7 nitrogen and oxygen atoms in total. The molecule has 2 aromatic rings. The molecule has 206 valence electrons. The van der Waals surface area contributed by atoms with Crippen LogP contribution in [-0.2, 0) is 11.0 Å². The lowest BCUT2D eigenvalue weighted by molar-refractivity contribution is -0.147. The summed E-state index contributed by atoms with van der Waals surface area (Å²) in [5.74, 6) is -2.73. The van der Waals surface area contributed by atoms with Crippen molar-refractivity contribution in [2.45, 2.75) is 64.6 Å². The van der Waals surface area contributed by atoms with Gasteiger partial charge in [-0.1, -0.05) is 48.0 Å². The zero-order valence-corrected chi connectivity index (χ0v) is 22.9. The lowest BCUT2D eigenvalue weighted by atomic mass is 9.64. The highest BCUT2D eigenvalue weighted by Gasteiger charge is 2.44. The molecule has 1 amide bonds. The maximum Gasteiger partial charge on any atom is 0.433 e. The Labute approximate surface area is 227 Å². The zero-order chi connectivity index (χ0) is 27.8. The van der Waals surface area contributed by atoms with E-state index in [-0.39, 0.29) is 55.9 Å². The first-order valence-corrected chi connectivity index (χ1v) is 13.5. The molecular formula is C27H31BrF3N3O4. The van der Waals surface area contributed by atoms with Crippen LogP contribution in [0.3, 0.4) is 0 Å². The van der Waals surface area contributed by atoms with Crippen molar-refractivity contribution in [3.8, 4) is 0 Å². The predicted octanol–water partition coefficient (Wildman–Crippen LogP) is 6.24. The summed E-state index contributed by atoms with van der Waals surface area (Å²) in [6, 6.07) is 6.07. The summed E-state index contributed by atoms with van der Waals surface area (Å²) in [5.41, 5.74) is -1.30. The van der Waals surface area contributed by atoms with E-state index in [9.17, 15) is 32.7 Å². The van der Waals surface area contributed by atoms with E-state index in [1.165, 1.54) is 4.90 Å². The molecule has 2 aliphatic rings. The molecule has 2 saturated carbocycles. The summed E-state index contributed by atoms with van der Waals surface area (Å²) < 4.78 is 44.4. The normalized spacial score (nSPS) is 21.5. The minimum absolute atomic E-state index is 0.0802. The predicted molar refractivity (Wildman–Crippen MR) is 137 cm³/mol. The van der Waals surface area contributed by atoms with E-state index in [0.717, 1.165) is 23.7 Å². The molecule has 2 aliphatic carbocycles. The largest absolute Gasteiger partial charge is 0.481 e. The molecule has 1 N–H and O–H groups in total. The molecular weight excluding hydrogens is 567 g/mol. The van der Waals surface area contributed by atoms with Crippen LogP contribution in [0.25, 0.3) is 0 Å². The van der Waals surface area contributed by atoms with Gasteiger partial charge in [-0.3, -0.25) is 19.1 Å². The van der Waals surface area contributed by atoms with Crippen molar-refractivity contribution in [1.82, 2.24) is 14.7 Å². The summed E-state index contributed by atoms with van der Waals surface area (Å²) in [7, 11) is 0. The van der Waals surface area contributed by atoms with Gasteiger partial charge in [-0.15, -0.1) is 0 Å². The van der Waals surface area contributed by atoms with Crippen LogP contribution < -0.4 is 0 Å². The van der Waals surface area contributed by atoms with Gasteiger partial charge < -0.3 is 10.0 Å². The number of aromatic nitrogens is 2. The molecule has 0 aliphatic heterocycles. The second kappa shape index (κ2) is 10.8. The first-order chi connectivity index (χ1) is 17.8. The number of hydrogen-bond donors (Lipinski definition) is 1. The molecule has 1 heterocycles. The van der Waals surface area contributed by atoms with Crippen LogP contribution >= 0.6 is 15.9 Å². The Bertz CT molecular complexity index is 1210. The van der Waals surface area contributed by atoms with Crippen molar-refractivity contribution in [3.63, 3.8) is 0 Å². The monoisotopic (exact) mass is 597 g/mol. The standard InChI is InChI=1S/C27H31BrF3N3O4/c1-26(2)11-16(12-26)14-33(15-22(35)19-5-3-4-6-21(19)28)24(36)20-13-32-34(23(20)27(29,30)31)18-9-7-17(8-10-18)25(37)38/h3-6,13,16-18H,7-12,14-15H2,1-2H3,(H,37,38)/t17-,18+. The van der Waals surface area contributed by atoms with Gasteiger partial charge in [0.25, 0.3) is 5.91 Å². The minimum Gasteiger partial charge on any atom is -0.481 e. The number of carboxylic acid groups (broad SMARTS) is 1. The van der Waals surface area contributed by atoms with Gasteiger partial charge in [0.2, 0.25) is 0 Å². The SMILES string of the molecule is CC1(C)CC(CN(CC(=O)c2ccccc2Br)C(=O)c2cnn([C@H]3CC[C@@H](C(=O)O)CC3)c2C(F)(F)F)C1. The summed E-state index contributed by atoms with van der Waals surface area (Å²) in [6.07, 6.45) is -1.39. The highest BCUT2D eigenvalue weighted by atomic mass is 79.9. The molecule has 0 spiro atoms. The van der Waals surface area contributed by atoms with Crippen LogP contribution in [-0.4, -0.2) is 50.5 Å². The van der Waals surface area contributed by atoms with Gasteiger partial charge in [0.1, 0.15) is 0 Å². The van der Waals surface area contributed by atoms with E-state index in [1.54, 1.807) is 24.3 Å². The van der Waals surface area contributed by atoms with Crippen LogP contribution in [0, 0.1) is 17.3 Å². The molecule has 0 unspecified atom stereocenters. The van der Waals surface area contributed by atoms with Crippen LogP contribution in [0.1, 0.15) is 84.8 Å². The van der Waals surface area contributed by atoms with E-state index in [4.69, 9.17) is 0 Å². The van der Waals surface area contributed by atoms with Gasteiger partial charge in [0.05, 0.1) is 30.3 Å². The summed E-state index contributed by atoms with van der Waals surface area (Å²) in [5, 5.41) is 13.2. The number of carbonyl (C=O) groups is 3. The summed E-state index contributed by atoms with van der Waals surface area (Å²) >= 11 is 3.33. The summed E-state index contributed by atoms with van der Waals surface area (Å²) in [4.78, 5) is 39.3. The van der Waals surface area contributed by atoms with Crippen molar-refractivity contribution in [2.24, 2.45) is 17.3 Å². The number of Topliss-reactive ketones (excluding diaryl/α,β-unsaturated/α-hetero) is 1. The van der Waals surface area contributed by atoms with Crippen LogP contribution in [0.4, 0.5) is 13.2 Å². The van der Waals surface area contributed by atoms with Crippen LogP contribution in [0.5, 0.6) is 0 Å². The smallest absolute Gasteiger partial charge is 0.433 e. The number of carboxylic acids is 1. The third kappa shape index (κ3) is 6.13. The van der Waals surface area contributed by atoms with Crippen LogP contribution in [0.2, 0.25) is 0 Å². The van der Waals surface area contributed by atoms with Crippen molar-refractivity contribution in [2.75, 3.05) is 13.1 Å². The quantitative estimate of drug-likeness (QED) is 0.363. The van der Waals surface area contributed by atoms with Gasteiger partial charge in [-0.05, 0) is 55.9 Å². The number of ketones is 1. The van der Waals surface area contributed by atoms with Crippen molar-refractivity contribution in [3.05, 3.63) is 51.8 Å². The number of aliphatic carboxylic acids is 1. The molecule has 0 saturated heterocycles. The lowest BCUT2D eigenvalue weighted by Crippen LogP contribution is -2.45. The van der Waals surface area contributed by atoms with Gasteiger partial charge >= 0.3 is 12.1 Å². The Kier molecular flexibility index (Phi) is 8.07. The number of nitrogens with zero attached hydrogens (tertiary/aromatic N) is 3. The number of rotatable bonds is 8. The maximum atomic E-state index is 14.3. The average Bonchev–Trinajstić information content (AvgIpc) is 3.28. The number of alkyl halides is 3. The highest BCUT2D eigenvalue weighted by molar-refractivity contribution is 9.10. The number of benzene rings is 1. The third-order valence-electron chi connectivity index (χ3n) is 7.64. The first kappa shape index (κ1) is 28.3. The molecule has 0 radical (unpaired) electrons. The molecule has 0 bridgehead atoms. The molecule has 11 heteroatoms. The Hall–Kier alpha value is -2.69. The summed E-state index contributed by atoms with van der Waals surface area (Å²) in [6.45, 7) is 3.99. The van der Waals surface area contributed by atoms with E-state index < -0.39 is 41.3 Å². The molecule has 1 aromatic heterocycles.